The molecule has 1 atom stereocenters. The standard InChI is InChI=1S/C21H22ClFN2O/c1-13(2)8-14(3)12-26-21-19(22)9-15(11-25-21)17-6-7-24-20-10-16(23)4-5-18(17)20/h4-7,9-11,13-14H,8,12H2,1-3H3/t14-/m1/s1. The molecular weight excluding hydrogens is 351 g/mol. The van der Waals surface area contributed by atoms with Crippen molar-refractivity contribution in [2.24, 2.45) is 11.8 Å². The smallest absolute Gasteiger partial charge is 0.232 e. The van der Waals surface area contributed by atoms with Gasteiger partial charge in [-0.2, -0.15) is 0 Å². The number of hydrogen-bond acceptors (Lipinski definition) is 3. The molecule has 26 heavy (non-hydrogen) atoms. The molecular formula is C21H22ClFN2O. The second-order valence-electron chi connectivity index (χ2n) is 7.08. The molecule has 0 saturated carbocycles. The van der Waals surface area contributed by atoms with Gasteiger partial charge in [0.15, 0.2) is 0 Å². The lowest BCUT2D eigenvalue weighted by Crippen LogP contribution is -2.11. The number of pyridine rings is 2. The second-order valence-corrected chi connectivity index (χ2v) is 7.48. The summed E-state index contributed by atoms with van der Waals surface area (Å²) in [5, 5.41) is 1.32. The summed E-state index contributed by atoms with van der Waals surface area (Å²) in [6.45, 7) is 7.13. The van der Waals surface area contributed by atoms with Crippen molar-refractivity contribution in [3.05, 3.63) is 53.6 Å². The summed E-state index contributed by atoms with van der Waals surface area (Å²) in [6.07, 6.45) is 4.48. The minimum Gasteiger partial charge on any atom is -0.476 e. The predicted molar refractivity (Wildman–Crippen MR) is 104 cm³/mol. The number of nitrogens with zero attached hydrogens (tertiary/aromatic N) is 2. The summed E-state index contributed by atoms with van der Waals surface area (Å²) >= 11 is 6.38. The third-order valence-electron chi connectivity index (χ3n) is 4.20. The summed E-state index contributed by atoms with van der Waals surface area (Å²) in [5.41, 5.74) is 2.35. The van der Waals surface area contributed by atoms with Crippen LogP contribution in [0.1, 0.15) is 27.2 Å². The van der Waals surface area contributed by atoms with Crippen molar-refractivity contribution in [3.8, 4) is 17.0 Å². The van der Waals surface area contributed by atoms with Crippen molar-refractivity contribution >= 4 is 22.5 Å². The molecule has 0 fully saturated rings. The third kappa shape index (κ3) is 4.31. The molecule has 0 unspecified atom stereocenters. The summed E-state index contributed by atoms with van der Waals surface area (Å²) < 4.78 is 19.2. The monoisotopic (exact) mass is 372 g/mol. The van der Waals surface area contributed by atoms with Crippen LogP contribution in [-0.2, 0) is 0 Å². The number of aromatic nitrogens is 2. The third-order valence-corrected chi connectivity index (χ3v) is 4.47. The zero-order valence-corrected chi connectivity index (χ0v) is 15.9. The Morgan fingerprint density at radius 3 is 2.65 bits per heavy atom. The molecule has 3 aromatic rings. The van der Waals surface area contributed by atoms with Crippen LogP contribution < -0.4 is 4.74 Å². The maximum atomic E-state index is 13.4. The van der Waals surface area contributed by atoms with E-state index in [1.165, 1.54) is 12.1 Å². The Balaban J connectivity index is 1.84. The largest absolute Gasteiger partial charge is 0.476 e. The molecule has 1 aromatic carbocycles. The lowest BCUT2D eigenvalue weighted by molar-refractivity contribution is 0.231. The van der Waals surface area contributed by atoms with Gasteiger partial charge in [0.1, 0.15) is 10.8 Å². The van der Waals surface area contributed by atoms with Gasteiger partial charge in [-0.25, -0.2) is 9.37 Å². The molecule has 3 nitrogen and oxygen atoms in total. The van der Waals surface area contributed by atoms with E-state index in [2.05, 4.69) is 30.7 Å². The molecule has 0 spiro atoms. The van der Waals surface area contributed by atoms with Crippen LogP contribution in [0.4, 0.5) is 4.39 Å². The molecule has 0 saturated heterocycles. The Labute approximate surface area is 158 Å². The fraction of sp³-hybridized carbons (Fsp3) is 0.333. The Hall–Kier alpha value is -2.20. The van der Waals surface area contributed by atoms with Crippen molar-refractivity contribution in [2.45, 2.75) is 27.2 Å². The highest BCUT2D eigenvalue weighted by molar-refractivity contribution is 6.32. The Kier molecular flexibility index (Phi) is 5.72. The fourth-order valence-electron chi connectivity index (χ4n) is 3.15. The van der Waals surface area contributed by atoms with E-state index in [0.29, 0.717) is 34.9 Å². The van der Waals surface area contributed by atoms with Crippen molar-refractivity contribution in [3.63, 3.8) is 0 Å². The van der Waals surface area contributed by atoms with E-state index in [4.69, 9.17) is 16.3 Å². The quantitative estimate of drug-likeness (QED) is 0.520. The zero-order chi connectivity index (χ0) is 18.7. The molecule has 2 aromatic heterocycles. The fourth-order valence-corrected chi connectivity index (χ4v) is 3.37. The van der Waals surface area contributed by atoms with Gasteiger partial charge < -0.3 is 4.74 Å². The van der Waals surface area contributed by atoms with Gasteiger partial charge in [-0.3, -0.25) is 4.98 Å². The van der Waals surface area contributed by atoms with Crippen LogP contribution in [0.2, 0.25) is 5.02 Å². The Bertz CT molecular complexity index is 914. The van der Waals surface area contributed by atoms with E-state index in [-0.39, 0.29) is 5.82 Å². The van der Waals surface area contributed by atoms with Gasteiger partial charge in [-0.15, -0.1) is 0 Å². The highest BCUT2D eigenvalue weighted by Gasteiger charge is 2.12. The van der Waals surface area contributed by atoms with Crippen molar-refractivity contribution < 1.29 is 9.13 Å². The van der Waals surface area contributed by atoms with Gasteiger partial charge in [0.05, 0.1) is 12.1 Å². The molecule has 0 aliphatic carbocycles. The summed E-state index contributed by atoms with van der Waals surface area (Å²) in [7, 11) is 0. The number of halogens is 2. The first kappa shape index (κ1) is 18.6. The molecule has 136 valence electrons. The summed E-state index contributed by atoms with van der Waals surface area (Å²) in [5.74, 6) is 1.20. The molecule has 0 N–H and O–H groups in total. The molecule has 2 heterocycles. The zero-order valence-electron chi connectivity index (χ0n) is 15.2. The van der Waals surface area contributed by atoms with Gasteiger partial charge in [-0.05, 0) is 48.1 Å². The average Bonchev–Trinajstić information content (AvgIpc) is 2.59. The van der Waals surface area contributed by atoms with Crippen LogP contribution >= 0.6 is 11.6 Å². The van der Waals surface area contributed by atoms with Crippen molar-refractivity contribution in [1.29, 1.82) is 0 Å². The maximum Gasteiger partial charge on any atom is 0.232 e. The molecule has 0 aliphatic rings. The lowest BCUT2D eigenvalue weighted by Gasteiger charge is -2.15. The molecule has 5 heteroatoms. The van der Waals surface area contributed by atoms with Gasteiger partial charge >= 0.3 is 0 Å². The highest BCUT2D eigenvalue weighted by atomic mass is 35.5. The first-order chi connectivity index (χ1) is 12.4. The minimum absolute atomic E-state index is 0.308. The molecule has 0 amide bonds. The number of fused-ring (bicyclic) bond motifs is 1. The maximum absolute atomic E-state index is 13.4. The minimum atomic E-state index is -0.308. The van der Waals surface area contributed by atoms with Gasteiger partial charge in [-0.1, -0.05) is 32.4 Å². The van der Waals surface area contributed by atoms with Crippen LogP contribution in [0.25, 0.3) is 22.0 Å². The molecule has 0 aliphatic heterocycles. The van der Waals surface area contributed by atoms with E-state index < -0.39 is 0 Å². The highest BCUT2D eigenvalue weighted by Crippen LogP contribution is 2.32. The summed E-state index contributed by atoms with van der Waals surface area (Å²) in [4.78, 5) is 8.60. The molecule has 0 radical (unpaired) electrons. The van der Waals surface area contributed by atoms with Gasteiger partial charge in [0, 0.05) is 29.4 Å². The van der Waals surface area contributed by atoms with E-state index in [1.54, 1.807) is 18.5 Å². The number of rotatable bonds is 6. The van der Waals surface area contributed by atoms with Crippen LogP contribution in [-0.4, -0.2) is 16.6 Å². The van der Waals surface area contributed by atoms with E-state index in [9.17, 15) is 4.39 Å². The first-order valence-electron chi connectivity index (χ1n) is 8.77. The van der Waals surface area contributed by atoms with E-state index >= 15 is 0 Å². The number of hydrogen-bond donors (Lipinski definition) is 0. The van der Waals surface area contributed by atoms with Gasteiger partial charge in [0.2, 0.25) is 5.88 Å². The van der Waals surface area contributed by atoms with Gasteiger partial charge in [0.25, 0.3) is 0 Å². The van der Waals surface area contributed by atoms with Crippen LogP contribution in [0, 0.1) is 17.7 Å². The SMILES string of the molecule is CC(C)C[C@@H](C)COc1ncc(-c2ccnc3cc(F)ccc23)cc1Cl. The Morgan fingerprint density at radius 1 is 1.12 bits per heavy atom. The lowest BCUT2D eigenvalue weighted by atomic mass is 10.00. The van der Waals surface area contributed by atoms with Crippen LogP contribution in [0.5, 0.6) is 5.88 Å². The van der Waals surface area contributed by atoms with E-state index in [0.717, 1.165) is 22.9 Å². The van der Waals surface area contributed by atoms with Crippen molar-refractivity contribution in [1.82, 2.24) is 9.97 Å². The number of benzene rings is 1. The topological polar surface area (TPSA) is 35.0 Å². The Morgan fingerprint density at radius 2 is 1.92 bits per heavy atom. The predicted octanol–water partition coefficient (Wildman–Crippen LogP) is 6.15. The van der Waals surface area contributed by atoms with Crippen LogP contribution in [0.15, 0.2) is 42.7 Å². The number of ether oxygens (including phenoxy) is 1. The first-order valence-corrected chi connectivity index (χ1v) is 9.15. The summed E-state index contributed by atoms with van der Waals surface area (Å²) in [6, 6.07) is 8.27. The van der Waals surface area contributed by atoms with E-state index in [1.807, 2.05) is 12.1 Å². The second kappa shape index (κ2) is 8.00. The van der Waals surface area contributed by atoms with Crippen molar-refractivity contribution in [2.75, 3.05) is 6.61 Å². The molecule has 3 rings (SSSR count). The molecule has 0 bridgehead atoms. The average molecular weight is 373 g/mol. The normalized spacial score (nSPS) is 12.5. The van der Waals surface area contributed by atoms with Crippen LogP contribution in [0.3, 0.4) is 0 Å².